The molecule has 1 amide bonds. The lowest BCUT2D eigenvalue weighted by Gasteiger charge is -2.12. The van der Waals surface area contributed by atoms with Crippen LogP contribution in [0, 0.1) is 13.8 Å². The minimum atomic E-state index is -0.197. The maximum absolute atomic E-state index is 12.1. The fraction of sp³-hybridized carbons (Fsp3) is 0.381. The van der Waals surface area contributed by atoms with Gasteiger partial charge in [-0.3, -0.25) is 4.79 Å². The zero-order valence-electron chi connectivity index (χ0n) is 15.3. The van der Waals surface area contributed by atoms with Gasteiger partial charge in [0.15, 0.2) is 6.61 Å². The number of amides is 1. The first-order valence-corrected chi connectivity index (χ1v) is 8.94. The summed E-state index contributed by atoms with van der Waals surface area (Å²) in [7, 11) is 0. The van der Waals surface area contributed by atoms with Gasteiger partial charge in [0.05, 0.1) is 6.10 Å². The molecule has 1 aliphatic rings. The van der Waals surface area contributed by atoms with Crippen molar-refractivity contribution in [3.63, 3.8) is 0 Å². The first-order chi connectivity index (χ1) is 12.6. The van der Waals surface area contributed by atoms with Gasteiger partial charge in [0.25, 0.3) is 5.91 Å². The van der Waals surface area contributed by atoms with E-state index < -0.39 is 0 Å². The molecular weight excluding hydrogens is 330 g/mol. The number of nitrogens with one attached hydrogen (secondary N) is 1. The monoisotopic (exact) mass is 355 g/mol. The second kappa shape index (κ2) is 8.72. The lowest BCUT2D eigenvalue weighted by atomic mass is 10.1. The van der Waals surface area contributed by atoms with Crippen LogP contribution in [-0.4, -0.2) is 31.8 Å². The van der Waals surface area contributed by atoms with Crippen molar-refractivity contribution in [1.82, 2.24) is 0 Å². The highest BCUT2D eigenvalue weighted by molar-refractivity contribution is 5.91. The molecule has 1 atom stereocenters. The van der Waals surface area contributed by atoms with Crippen LogP contribution >= 0.6 is 0 Å². The molecule has 2 aromatic rings. The van der Waals surface area contributed by atoms with Crippen molar-refractivity contribution < 1.29 is 19.0 Å². The van der Waals surface area contributed by atoms with Crippen molar-refractivity contribution in [1.29, 1.82) is 0 Å². The Morgan fingerprint density at radius 1 is 1.08 bits per heavy atom. The van der Waals surface area contributed by atoms with E-state index in [0.717, 1.165) is 36.3 Å². The Kier molecular flexibility index (Phi) is 6.12. The van der Waals surface area contributed by atoms with Gasteiger partial charge in [-0.05, 0) is 74.2 Å². The molecule has 1 fully saturated rings. The molecule has 1 aliphatic heterocycles. The Bertz CT molecular complexity index is 716. The second-order valence-electron chi connectivity index (χ2n) is 6.63. The molecule has 1 unspecified atom stereocenters. The standard InChI is InChI=1S/C21H25NO4/c1-15-10-16(2)12-20(11-15)26-14-21(23)22-17-5-7-18(8-6-17)25-13-19-4-3-9-24-19/h5-8,10-12,19H,3-4,9,13-14H2,1-2H3,(H,22,23). The van der Waals surface area contributed by atoms with Gasteiger partial charge in [-0.2, -0.15) is 0 Å². The van der Waals surface area contributed by atoms with Crippen LogP contribution in [0.3, 0.4) is 0 Å². The molecule has 0 saturated carbocycles. The lowest BCUT2D eigenvalue weighted by molar-refractivity contribution is -0.118. The molecule has 0 bridgehead atoms. The Morgan fingerprint density at radius 2 is 1.81 bits per heavy atom. The smallest absolute Gasteiger partial charge is 0.262 e. The molecule has 1 heterocycles. The Balaban J connectivity index is 1.44. The molecule has 5 heteroatoms. The summed E-state index contributed by atoms with van der Waals surface area (Å²) in [5.74, 6) is 1.28. The van der Waals surface area contributed by atoms with E-state index in [0.29, 0.717) is 18.0 Å². The van der Waals surface area contributed by atoms with Gasteiger partial charge in [0, 0.05) is 12.3 Å². The summed E-state index contributed by atoms with van der Waals surface area (Å²) in [6.45, 7) is 5.36. The van der Waals surface area contributed by atoms with Crippen LogP contribution in [0.15, 0.2) is 42.5 Å². The molecule has 0 radical (unpaired) electrons. The van der Waals surface area contributed by atoms with E-state index in [1.807, 2.05) is 50.2 Å². The van der Waals surface area contributed by atoms with Crippen molar-refractivity contribution in [3.05, 3.63) is 53.6 Å². The molecular formula is C21H25NO4. The highest BCUT2D eigenvalue weighted by Gasteiger charge is 2.15. The lowest BCUT2D eigenvalue weighted by Crippen LogP contribution is -2.20. The summed E-state index contributed by atoms with van der Waals surface area (Å²) in [6.07, 6.45) is 2.34. The highest BCUT2D eigenvalue weighted by Crippen LogP contribution is 2.19. The van der Waals surface area contributed by atoms with Gasteiger partial charge in [-0.15, -0.1) is 0 Å². The van der Waals surface area contributed by atoms with Gasteiger partial charge in [0.1, 0.15) is 18.1 Å². The Hall–Kier alpha value is -2.53. The first-order valence-electron chi connectivity index (χ1n) is 8.94. The van der Waals surface area contributed by atoms with Gasteiger partial charge >= 0.3 is 0 Å². The second-order valence-corrected chi connectivity index (χ2v) is 6.63. The van der Waals surface area contributed by atoms with Crippen molar-refractivity contribution in [2.24, 2.45) is 0 Å². The third kappa shape index (κ3) is 5.49. The van der Waals surface area contributed by atoms with E-state index in [1.165, 1.54) is 0 Å². The molecule has 3 rings (SSSR count). The third-order valence-electron chi connectivity index (χ3n) is 4.16. The number of carbonyl (C=O) groups excluding carboxylic acids is 1. The third-order valence-corrected chi connectivity index (χ3v) is 4.16. The maximum atomic E-state index is 12.1. The van der Waals surface area contributed by atoms with Crippen molar-refractivity contribution in [2.45, 2.75) is 32.8 Å². The van der Waals surface area contributed by atoms with Crippen molar-refractivity contribution in [2.75, 3.05) is 25.1 Å². The Labute approximate surface area is 154 Å². The van der Waals surface area contributed by atoms with E-state index in [2.05, 4.69) is 11.4 Å². The zero-order valence-corrected chi connectivity index (χ0v) is 15.3. The quantitative estimate of drug-likeness (QED) is 0.819. The SMILES string of the molecule is Cc1cc(C)cc(OCC(=O)Nc2ccc(OCC3CCCO3)cc2)c1. The predicted molar refractivity (Wildman–Crippen MR) is 101 cm³/mol. The minimum absolute atomic E-state index is 0.0276. The number of benzene rings is 2. The summed E-state index contributed by atoms with van der Waals surface area (Å²) in [5.41, 5.74) is 2.93. The van der Waals surface area contributed by atoms with Crippen LogP contribution in [0.2, 0.25) is 0 Å². The van der Waals surface area contributed by atoms with E-state index in [9.17, 15) is 4.79 Å². The van der Waals surface area contributed by atoms with E-state index >= 15 is 0 Å². The fourth-order valence-electron chi connectivity index (χ4n) is 2.96. The summed E-state index contributed by atoms with van der Waals surface area (Å²) < 4.78 is 16.8. The minimum Gasteiger partial charge on any atom is -0.491 e. The molecule has 138 valence electrons. The summed E-state index contributed by atoms with van der Waals surface area (Å²) in [5, 5.41) is 2.82. The van der Waals surface area contributed by atoms with Crippen LogP contribution in [0.1, 0.15) is 24.0 Å². The first kappa shape index (κ1) is 18.3. The van der Waals surface area contributed by atoms with E-state index in [-0.39, 0.29) is 18.6 Å². The van der Waals surface area contributed by atoms with Gasteiger partial charge in [-0.25, -0.2) is 0 Å². The van der Waals surface area contributed by atoms with E-state index in [4.69, 9.17) is 14.2 Å². The number of rotatable bonds is 7. The van der Waals surface area contributed by atoms with Crippen LogP contribution in [0.25, 0.3) is 0 Å². The number of ether oxygens (including phenoxy) is 3. The fourth-order valence-corrected chi connectivity index (χ4v) is 2.96. The molecule has 0 spiro atoms. The van der Waals surface area contributed by atoms with Crippen LogP contribution in [-0.2, 0) is 9.53 Å². The molecule has 1 saturated heterocycles. The van der Waals surface area contributed by atoms with Crippen LogP contribution < -0.4 is 14.8 Å². The van der Waals surface area contributed by atoms with Gasteiger partial charge in [-0.1, -0.05) is 6.07 Å². The van der Waals surface area contributed by atoms with Crippen LogP contribution in [0.4, 0.5) is 5.69 Å². The summed E-state index contributed by atoms with van der Waals surface area (Å²) >= 11 is 0. The Morgan fingerprint density at radius 3 is 2.46 bits per heavy atom. The average Bonchev–Trinajstić information content (AvgIpc) is 3.12. The summed E-state index contributed by atoms with van der Waals surface area (Å²) in [6, 6.07) is 13.2. The largest absolute Gasteiger partial charge is 0.491 e. The predicted octanol–water partition coefficient (Wildman–Crippen LogP) is 3.88. The number of hydrogen-bond acceptors (Lipinski definition) is 4. The average molecular weight is 355 g/mol. The normalized spacial score (nSPS) is 16.3. The van der Waals surface area contributed by atoms with Crippen LogP contribution in [0.5, 0.6) is 11.5 Å². The van der Waals surface area contributed by atoms with Crippen molar-refractivity contribution >= 4 is 11.6 Å². The molecule has 26 heavy (non-hydrogen) atoms. The molecule has 0 aromatic heterocycles. The topological polar surface area (TPSA) is 56.8 Å². The number of carbonyl (C=O) groups is 1. The molecule has 5 nitrogen and oxygen atoms in total. The number of hydrogen-bond donors (Lipinski definition) is 1. The highest BCUT2D eigenvalue weighted by atomic mass is 16.5. The van der Waals surface area contributed by atoms with Gasteiger partial charge in [0.2, 0.25) is 0 Å². The maximum Gasteiger partial charge on any atom is 0.262 e. The number of aryl methyl sites for hydroxylation is 2. The molecule has 0 aliphatic carbocycles. The van der Waals surface area contributed by atoms with E-state index in [1.54, 1.807) is 0 Å². The molecule has 1 N–H and O–H groups in total. The zero-order chi connectivity index (χ0) is 18.4. The van der Waals surface area contributed by atoms with Gasteiger partial charge < -0.3 is 19.5 Å². The summed E-state index contributed by atoms with van der Waals surface area (Å²) in [4.78, 5) is 12.1. The molecule has 2 aromatic carbocycles. The number of anilines is 1. The van der Waals surface area contributed by atoms with Crippen molar-refractivity contribution in [3.8, 4) is 11.5 Å².